The van der Waals surface area contributed by atoms with Crippen molar-refractivity contribution in [1.29, 1.82) is 0 Å². The number of likely N-dealkylation sites (N-methyl/N-ethyl adjacent to an activating group) is 1. The van der Waals surface area contributed by atoms with Gasteiger partial charge < -0.3 is 21.5 Å². The van der Waals surface area contributed by atoms with E-state index in [9.17, 15) is 19.5 Å². The van der Waals surface area contributed by atoms with Gasteiger partial charge in [-0.3, -0.25) is 14.4 Å². The highest BCUT2D eigenvalue weighted by Gasteiger charge is 2.23. The van der Waals surface area contributed by atoms with Crippen molar-refractivity contribution < 1.29 is 19.5 Å². The van der Waals surface area contributed by atoms with Gasteiger partial charge in [0.25, 0.3) is 0 Å². The summed E-state index contributed by atoms with van der Waals surface area (Å²) in [5.41, 5.74) is 6.97. The molecule has 5 N–H and O–H groups in total. The first-order valence-corrected chi connectivity index (χ1v) is 10.6. The maximum absolute atomic E-state index is 12.4. The highest BCUT2D eigenvalue weighted by molar-refractivity contribution is 5.88. The van der Waals surface area contributed by atoms with Crippen molar-refractivity contribution in [2.24, 2.45) is 11.7 Å². The topological polar surface area (TPSA) is 122 Å². The van der Waals surface area contributed by atoms with Crippen LogP contribution in [-0.4, -0.2) is 35.4 Å². The second-order valence-corrected chi connectivity index (χ2v) is 6.52. The summed E-state index contributed by atoms with van der Waals surface area (Å²) in [5, 5.41) is 14.9. The predicted octanol–water partition coefficient (Wildman–Crippen LogP) is 2.68. The number of aryl methyl sites for hydroxylation is 2. The van der Waals surface area contributed by atoms with Crippen LogP contribution in [0.2, 0.25) is 0 Å². The van der Waals surface area contributed by atoms with E-state index in [0.29, 0.717) is 19.4 Å². The monoisotopic (exact) mass is 445 g/mol. The molecule has 7 nitrogen and oxygen atoms in total. The molecule has 0 radical (unpaired) electrons. The number of hydrogen-bond acceptors (Lipinski definition) is 4. The lowest BCUT2D eigenvalue weighted by Crippen LogP contribution is -2.48. The summed E-state index contributed by atoms with van der Waals surface area (Å²) in [5.74, 6) is -1.11. The van der Waals surface area contributed by atoms with E-state index < -0.39 is 11.9 Å². The zero-order chi connectivity index (χ0) is 25.7. The molecule has 178 valence electrons. The van der Waals surface area contributed by atoms with Crippen molar-refractivity contribution in [3.05, 3.63) is 29.3 Å². The van der Waals surface area contributed by atoms with Crippen LogP contribution in [0, 0.1) is 38.5 Å². The van der Waals surface area contributed by atoms with Gasteiger partial charge in [0, 0.05) is 18.9 Å². The molecule has 1 rings (SSSR count). The van der Waals surface area contributed by atoms with E-state index in [0.717, 1.165) is 11.1 Å². The summed E-state index contributed by atoms with van der Waals surface area (Å²) in [6.45, 7) is 9.85. The summed E-state index contributed by atoms with van der Waals surface area (Å²) >= 11 is 0. The van der Waals surface area contributed by atoms with Crippen molar-refractivity contribution in [2.45, 2.75) is 66.3 Å². The van der Waals surface area contributed by atoms with Crippen LogP contribution in [0.5, 0.6) is 5.75 Å². The highest BCUT2D eigenvalue weighted by Crippen LogP contribution is 2.19. The number of phenols is 1. The lowest BCUT2D eigenvalue weighted by atomic mass is 9.98. The van der Waals surface area contributed by atoms with E-state index in [4.69, 9.17) is 5.73 Å². The summed E-state index contributed by atoms with van der Waals surface area (Å²) < 4.78 is 0. The molecule has 32 heavy (non-hydrogen) atoms. The largest absolute Gasteiger partial charge is 0.508 e. The fourth-order valence-corrected chi connectivity index (χ4v) is 2.55. The second kappa shape index (κ2) is 20.8. The fraction of sp³-hybridized carbons (Fsp3) is 0.480. The minimum atomic E-state index is -0.770. The van der Waals surface area contributed by atoms with Crippen LogP contribution in [0.3, 0.4) is 0 Å². The molecule has 0 bridgehead atoms. The molecule has 0 spiro atoms. The van der Waals surface area contributed by atoms with Gasteiger partial charge in [-0.05, 0) is 50.3 Å². The van der Waals surface area contributed by atoms with Crippen LogP contribution in [0.4, 0.5) is 0 Å². The highest BCUT2D eigenvalue weighted by atomic mass is 16.3. The Morgan fingerprint density at radius 2 is 1.62 bits per heavy atom. The summed E-state index contributed by atoms with van der Waals surface area (Å²) in [6, 6.07) is 4.60. The molecule has 7 heteroatoms. The van der Waals surface area contributed by atoms with Crippen LogP contribution >= 0.6 is 0 Å². The Morgan fingerprint density at radius 1 is 1.06 bits per heavy atom. The number of carbonyl (C=O) groups excluding carboxylic acids is 3. The average molecular weight is 446 g/mol. The normalized spacial score (nSPS) is 10.8. The van der Waals surface area contributed by atoms with Crippen LogP contribution in [-0.2, 0) is 20.8 Å². The molecular weight excluding hydrogens is 406 g/mol. The van der Waals surface area contributed by atoms with E-state index >= 15 is 0 Å². The molecule has 2 atom stereocenters. The third kappa shape index (κ3) is 14.5. The minimum absolute atomic E-state index is 0.0310. The van der Waals surface area contributed by atoms with Crippen molar-refractivity contribution in [3.63, 3.8) is 0 Å². The average Bonchev–Trinajstić information content (AvgIpc) is 2.81. The van der Waals surface area contributed by atoms with Gasteiger partial charge in [-0.1, -0.05) is 32.9 Å². The van der Waals surface area contributed by atoms with E-state index in [1.807, 2.05) is 32.9 Å². The predicted molar refractivity (Wildman–Crippen MR) is 130 cm³/mol. The van der Waals surface area contributed by atoms with Crippen molar-refractivity contribution >= 4 is 17.7 Å². The van der Waals surface area contributed by atoms with Crippen molar-refractivity contribution in [1.82, 2.24) is 10.6 Å². The third-order valence-corrected chi connectivity index (χ3v) is 4.24. The molecule has 1 aromatic rings. The number of rotatable bonds is 10. The lowest BCUT2D eigenvalue weighted by molar-refractivity contribution is -0.131. The molecular formula is C25H39N3O4. The number of phenolic OH excluding ortho intramolecular Hbond substituents is 1. The number of primary amides is 1. The van der Waals surface area contributed by atoms with Gasteiger partial charge in [-0.25, -0.2) is 0 Å². The Kier molecular flexibility index (Phi) is 21.6. The van der Waals surface area contributed by atoms with E-state index in [2.05, 4.69) is 36.3 Å². The molecule has 0 saturated carbocycles. The minimum Gasteiger partial charge on any atom is -0.508 e. The zero-order valence-corrected chi connectivity index (χ0v) is 20.0. The number of nitrogens with one attached hydrogen (secondary N) is 2. The van der Waals surface area contributed by atoms with Gasteiger partial charge in [-0.15, -0.1) is 25.7 Å². The Labute approximate surface area is 193 Å². The number of terminal acetylenes is 2. The molecule has 0 aliphatic rings. The van der Waals surface area contributed by atoms with E-state index in [1.165, 1.54) is 0 Å². The standard InChI is InChI=1S/C19H29N3O4.C2H6.2C2H2/c1-4-21-19(26)15(8-10-17(20)24)22-18(25)12(2)5-6-14-7-9-16(23)13(3)11-14;3*1-2/h7,9,11-12,15,23H,4-6,8,10H2,1-3H3,(H2,20,24)(H,21,26)(H,22,25);1-2H3;2*1-2H/t12-,15-;;;/m0.../s1. The Bertz CT molecular complexity index is 720. The van der Waals surface area contributed by atoms with Crippen LogP contribution in [0.15, 0.2) is 18.2 Å². The Hall–Kier alpha value is -3.45. The maximum atomic E-state index is 12.4. The fourth-order valence-electron chi connectivity index (χ4n) is 2.55. The van der Waals surface area contributed by atoms with Crippen LogP contribution in [0.1, 0.15) is 58.1 Å². The first-order valence-electron chi connectivity index (χ1n) is 10.6. The van der Waals surface area contributed by atoms with Gasteiger partial charge in [0.1, 0.15) is 11.8 Å². The Balaban J connectivity index is -0.00000129. The van der Waals surface area contributed by atoms with Crippen LogP contribution in [0.25, 0.3) is 0 Å². The molecule has 0 aromatic heterocycles. The quantitative estimate of drug-likeness (QED) is 0.414. The molecule has 0 unspecified atom stereocenters. The SMILES string of the molecule is C#C.C#C.CC.CCNC(=O)[C@H](CCC(N)=O)NC(=O)[C@@H](C)CCc1ccc(O)c(C)c1. The first kappa shape index (κ1) is 33.2. The number of aromatic hydroxyl groups is 1. The number of carbonyl (C=O) groups is 3. The number of hydrogen-bond donors (Lipinski definition) is 4. The summed E-state index contributed by atoms with van der Waals surface area (Å²) in [4.78, 5) is 35.4. The molecule has 0 fully saturated rings. The second-order valence-electron chi connectivity index (χ2n) is 6.52. The van der Waals surface area contributed by atoms with Gasteiger partial charge in [0.05, 0.1) is 0 Å². The van der Waals surface area contributed by atoms with E-state index in [1.54, 1.807) is 19.9 Å². The Morgan fingerprint density at radius 3 is 2.09 bits per heavy atom. The molecule has 0 aliphatic carbocycles. The summed E-state index contributed by atoms with van der Waals surface area (Å²) in [6.07, 6.45) is 17.5. The van der Waals surface area contributed by atoms with Crippen molar-refractivity contribution in [2.75, 3.05) is 6.54 Å². The number of nitrogens with two attached hydrogens (primary N) is 1. The molecule has 1 aromatic carbocycles. The van der Waals surface area contributed by atoms with Gasteiger partial charge in [-0.2, -0.15) is 0 Å². The third-order valence-electron chi connectivity index (χ3n) is 4.24. The van der Waals surface area contributed by atoms with E-state index in [-0.39, 0.29) is 36.3 Å². The molecule has 0 saturated heterocycles. The maximum Gasteiger partial charge on any atom is 0.242 e. The zero-order valence-electron chi connectivity index (χ0n) is 20.0. The smallest absolute Gasteiger partial charge is 0.242 e. The van der Waals surface area contributed by atoms with Gasteiger partial charge in [0.2, 0.25) is 17.7 Å². The van der Waals surface area contributed by atoms with Gasteiger partial charge in [0.15, 0.2) is 0 Å². The molecule has 0 heterocycles. The summed E-state index contributed by atoms with van der Waals surface area (Å²) in [7, 11) is 0. The lowest BCUT2D eigenvalue weighted by Gasteiger charge is -2.20. The number of amides is 3. The van der Waals surface area contributed by atoms with Gasteiger partial charge >= 0.3 is 0 Å². The van der Waals surface area contributed by atoms with Crippen LogP contribution < -0.4 is 16.4 Å². The molecule has 0 aliphatic heterocycles. The molecule has 3 amide bonds. The number of benzene rings is 1. The first-order chi connectivity index (χ1) is 15.2. The van der Waals surface area contributed by atoms with Crippen molar-refractivity contribution in [3.8, 4) is 31.4 Å².